The molecule has 4 atom stereocenters. The Hall–Kier alpha value is 0.170. The quantitative estimate of drug-likeness (QED) is 0.177. The van der Waals surface area contributed by atoms with Gasteiger partial charge in [-0.05, 0) is 0 Å². The first kappa shape index (κ1) is 25.2. The maximum Gasteiger partial charge on any atom is 0.478 e. The van der Waals surface area contributed by atoms with Crippen molar-refractivity contribution in [2.45, 2.75) is 24.1 Å². The monoisotopic (exact) mass is 438 g/mol. The van der Waals surface area contributed by atoms with Crippen LogP contribution < -0.4 is 0 Å². The maximum absolute atomic E-state index is 10.4. The Balaban J connectivity index is 0.000000547. The number of aliphatic hydroxyl groups is 4. The summed E-state index contributed by atoms with van der Waals surface area (Å²) >= 11 is 0. The molecule has 25 heavy (non-hydrogen) atoms. The third-order valence-electron chi connectivity index (χ3n) is 2.37. The van der Waals surface area contributed by atoms with Crippen molar-refractivity contribution in [3.63, 3.8) is 0 Å². The molecule has 0 amide bonds. The van der Waals surface area contributed by atoms with Crippen molar-refractivity contribution in [2.75, 3.05) is 13.2 Å². The average Bonchev–Trinajstić information content (AvgIpc) is 2.57. The van der Waals surface area contributed by atoms with Gasteiger partial charge in [-0.2, -0.15) is 4.31 Å². The molecule has 1 aliphatic rings. The first-order valence-corrected chi connectivity index (χ1v) is 10.4. The van der Waals surface area contributed by atoms with Crippen LogP contribution in [-0.2, 0) is 27.3 Å². The van der Waals surface area contributed by atoms with Gasteiger partial charge in [0, 0.05) is 0 Å². The van der Waals surface area contributed by atoms with Gasteiger partial charge in [0.15, 0.2) is 0 Å². The van der Waals surface area contributed by atoms with E-state index in [-0.39, 0.29) is 0 Å². The van der Waals surface area contributed by atoms with Crippen LogP contribution in [0.15, 0.2) is 0 Å². The molecule has 0 saturated carbocycles. The highest BCUT2D eigenvalue weighted by atomic mass is 31.3. The van der Waals surface area contributed by atoms with E-state index in [0.29, 0.717) is 0 Å². The summed E-state index contributed by atoms with van der Waals surface area (Å²) < 4.78 is 41.3. The van der Waals surface area contributed by atoms with Gasteiger partial charge >= 0.3 is 23.5 Å². The molecule has 0 aromatic carbocycles. The number of aliphatic hydroxyl groups excluding tert-OH is 3. The third kappa shape index (κ3) is 10.2. The van der Waals surface area contributed by atoms with Crippen LogP contribution in [0.1, 0.15) is 0 Å². The summed E-state index contributed by atoms with van der Waals surface area (Å²) in [7, 11) is -14.8. The van der Waals surface area contributed by atoms with Crippen molar-refractivity contribution in [2.24, 2.45) is 0 Å². The molecule has 1 saturated heterocycles. The van der Waals surface area contributed by atoms with Gasteiger partial charge in [-0.3, -0.25) is 4.52 Å². The van der Waals surface area contributed by atoms with Gasteiger partial charge in [-0.15, -0.1) is 0 Å². The zero-order valence-electron chi connectivity index (χ0n) is 11.9. The average molecular weight is 438 g/mol. The topological polar surface area (TPSA) is 281 Å². The van der Waals surface area contributed by atoms with Crippen LogP contribution in [0.3, 0.4) is 0 Å². The summed E-state index contributed by atoms with van der Waals surface area (Å²) in [5.74, 6) is -2.36. The van der Waals surface area contributed by atoms with Crippen LogP contribution in [0.4, 0.5) is 0 Å². The maximum atomic E-state index is 10.4. The van der Waals surface area contributed by atoms with Gasteiger partial charge in [-0.25, -0.2) is 13.7 Å². The van der Waals surface area contributed by atoms with Crippen LogP contribution in [0.25, 0.3) is 0 Å². The molecule has 0 radical (unpaired) electrons. The zero-order chi connectivity index (χ0) is 20.3. The van der Waals surface area contributed by atoms with Crippen molar-refractivity contribution < 1.29 is 77.1 Å². The van der Waals surface area contributed by atoms with E-state index in [1.807, 2.05) is 0 Å². The first-order chi connectivity index (χ1) is 10.9. The number of phosphoric ester groups is 1. The fraction of sp³-hybridized carbons (Fsp3) is 1.00. The number of hydrogen-bond acceptors (Lipinski definition) is 10. The number of phosphoric acid groups is 3. The smallest absolute Gasteiger partial charge is 0.391 e. The molecule has 0 bridgehead atoms. The van der Waals surface area contributed by atoms with E-state index in [1.165, 1.54) is 0 Å². The predicted molar refractivity (Wildman–Crippen MR) is 72.1 cm³/mol. The summed E-state index contributed by atoms with van der Waals surface area (Å²) in [5.41, 5.74) is 0. The summed E-state index contributed by atoms with van der Waals surface area (Å²) in [6.45, 7) is -1.71. The fourth-order valence-electron chi connectivity index (χ4n) is 1.44. The Bertz CT molecular complexity index is 540. The molecule has 1 rings (SSSR count). The second kappa shape index (κ2) is 8.91. The van der Waals surface area contributed by atoms with Crippen molar-refractivity contribution in [1.29, 1.82) is 0 Å². The van der Waals surface area contributed by atoms with Gasteiger partial charge in [0.05, 0.1) is 13.2 Å². The molecule has 0 spiro atoms. The lowest BCUT2D eigenvalue weighted by Gasteiger charge is -2.22. The van der Waals surface area contributed by atoms with E-state index < -0.39 is 60.8 Å². The van der Waals surface area contributed by atoms with E-state index in [0.717, 1.165) is 0 Å². The van der Waals surface area contributed by atoms with E-state index in [2.05, 4.69) is 13.6 Å². The zero-order valence-corrected chi connectivity index (χ0v) is 14.6. The highest BCUT2D eigenvalue weighted by Crippen LogP contribution is 2.53. The Morgan fingerprint density at radius 2 is 1.36 bits per heavy atom. The molecule has 10 N–H and O–H groups in total. The normalized spacial score (nSPS) is 30.7. The second-order valence-electron chi connectivity index (χ2n) is 4.44. The van der Waals surface area contributed by atoms with E-state index in [4.69, 9.17) is 34.5 Å². The summed E-state index contributed by atoms with van der Waals surface area (Å²) in [6.07, 6.45) is -4.76. The van der Waals surface area contributed by atoms with Crippen molar-refractivity contribution in [3.05, 3.63) is 0 Å². The molecule has 0 aromatic heterocycles. The molecular formula is C6H17O16P3. The third-order valence-corrected chi connectivity index (χ3v) is 4.56. The van der Waals surface area contributed by atoms with Crippen LogP contribution in [0, 0.1) is 0 Å². The highest BCUT2D eigenvalue weighted by molar-refractivity contribution is 7.60. The number of hydrogen-bond donors (Lipinski definition) is 10. The molecule has 1 fully saturated rings. The highest BCUT2D eigenvalue weighted by Gasteiger charge is 2.53. The van der Waals surface area contributed by atoms with Crippen LogP contribution in [-0.4, -0.2) is 87.1 Å². The summed E-state index contributed by atoms with van der Waals surface area (Å²) in [4.78, 5) is 47.8. The van der Waals surface area contributed by atoms with Gasteiger partial charge in [-0.1, -0.05) is 0 Å². The molecular weight excluding hydrogens is 421 g/mol. The summed E-state index contributed by atoms with van der Waals surface area (Å²) in [5, 5.41) is 36.7. The molecule has 1 heterocycles. The summed E-state index contributed by atoms with van der Waals surface area (Å²) in [6, 6.07) is 0. The lowest BCUT2D eigenvalue weighted by molar-refractivity contribution is -0.247. The van der Waals surface area contributed by atoms with Gasteiger partial charge < -0.3 is 54.5 Å². The fourth-order valence-corrected chi connectivity index (χ4v) is 2.89. The Kier molecular flexibility index (Phi) is 8.97. The second-order valence-corrected chi connectivity index (χ2v) is 8.30. The standard InChI is InChI=1S/C6H13O9P.H4O7P2/c7-2-6(10)5(9)4(8)3(15-6)1-14-16(11,12)13;1-8(2,3)7-9(4,5)6/h3-5,7-10H,1-2H2,(H2,11,12,13);(H2,1,2,3)(H2,4,5,6)/t3-,4-,5-,6+;/m1./s1. The number of rotatable bonds is 6. The Morgan fingerprint density at radius 1 is 0.920 bits per heavy atom. The molecule has 0 aliphatic carbocycles. The van der Waals surface area contributed by atoms with Crippen LogP contribution >= 0.6 is 23.5 Å². The number of ether oxygens (including phenoxy) is 1. The van der Waals surface area contributed by atoms with Crippen molar-refractivity contribution in [3.8, 4) is 0 Å². The molecule has 19 heteroatoms. The van der Waals surface area contributed by atoms with E-state index >= 15 is 0 Å². The van der Waals surface area contributed by atoms with E-state index in [1.54, 1.807) is 0 Å². The largest absolute Gasteiger partial charge is 0.478 e. The first-order valence-electron chi connectivity index (χ1n) is 5.80. The van der Waals surface area contributed by atoms with Gasteiger partial charge in [0.1, 0.15) is 18.3 Å². The van der Waals surface area contributed by atoms with Crippen molar-refractivity contribution >= 4 is 23.5 Å². The molecule has 152 valence electrons. The molecule has 0 unspecified atom stereocenters. The lowest BCUT2D eigenvalue weighted by atomic mass is 10.1. The SMILES string of the molecule is O=P(O)(O)OC[C@H]1O[C@@](O)(CO)[C@H](O)[C@@H]1O.O=P(O)(O)OP(=O)(O)O. The lowest BCUT2D eigenvalue weighted by Crippen LogP contribution is -2.46. The van der Waals surface area contributed by atoms with Crippen LogP contribution in [0.2, 0.25) is 0 Å². The molecule has 0 aromatic rings. The minimum Gasteiger partial charge on any atom is -0.391 e. The Labute approximate surface area is 138 Å². The van der Waals surface area contributed by atoms with Gasteiger partial charge in [0.25, 0.3) is 0 Å². The minimum atomic E-state index is -5.05. The van der Waals surface area contributed by atoms with Gasteiger partial charge in [0.2, 0.25) is 5.79 Å². The van der Waals surface area contributed by atoms with Crippen LogP contribution in [0.5, 0.6) is 0 Å². The molecule has 1 aliphatic heterocycles. The van der Waals surface area contributed by atoms with Crippen molar-refractivity contribution in [1.82, 2.24) is 0 Å². The minimum absolute atomic E-state index is 0.731. The van der Waals surface area contributed by atoms with E-state index in [9.17, 15) is 29.0 Å². The molecule has 16 nitrogen and oxygen atoms in total. The Morgan fingerprint density at radius 3 is 1.60 bits per heavy atom. The predicted octanol–water partition coefficient (Wildman–Crippen LogP) is -3.91.